The molecule has 138 valence electrons. The fourth-order valence-electron chi connectivity index (χ4n) is 3.88. The molecule has 1 amide bonds. The zero-order chi connectivity index (χ0) is 18.0. The molecule has 2 heterocycles. The van der Waals surface area contributed by atoms with Gasteiger partial charge in [-0.3, -0.25) is 9.69 Å². The predicted octanol–water partition coefficient (Wildman–Crippen LogP) is 3.90. The standard InChI is InChI=1S/C19H25F3N2O/c1-14(15-4-6-16(7-5-15)19(20,21)22)12-18(25)24-11-8-17(13-24)23-9-2-3-10-23/h4-7,14,17H,2-3,8-13H2,1H3. The molecule has 3 nitrogen and oxygen atoms in total. The second kappa shape index (κ2) is 7.36. The van der Waals surface area contributed by atoms with E-state index >= 15 is 0 Å². The van der Waals surface area contributed by atoms with Crippen molar-refractivity contribution in [3.8, 4) is 0 Å². The third kappa shape index (κ3) is 4.35. The average Bonchev–Trinajstić information content (AvgIpc) is 3.25. The fourth-order valence-corrected chi connectivity index (χ4v) is 3.88. The van der Waals surface area contributed by atoms with Gasteiger partial charge in [0.15, 0.2) is 0 Å². The summed E-state index contributed by atoms with van der Waals surface area (Å²) in [5.74, 6) is 0.0229. The van der Waals surface area contributed by atoms with Gasteiger partial charge in [-0.2, -0.15) is 13.2 Å². The molecule has 0 bridgehead atoms. The quantitative estimate of drug-likeness (QED) is 0.819. The van der Waals surface area contributed by atoms with Crippen molar-refractivity contribution < 1.29 is 18.0 Å². The second-order valence-corrected chi connectivity index (χ2v) is 7.25. The monoisotopic (exact) mass is 354 g/mol. The summed E-state index contributed by atoms with van der Waals surface area (Å²) in [7, 11) is 0. The number of carbonyl (C=O) groups is 1. The lowest BCUT2D eigenvalue weighted by Crippen LogP contribution is -2.37. The third-order valence-electron chi connectivity index (χ3n) is 5.46. The topological polar surface area (TPSA) is 23.6 Å². The van der Waals surface area contributed by atoms with Crippen LogP contribution in [-0.4, -0.2) is 47.9 Å². The first kappa shape index (κ1) is 18.2. The lowest BCUT2D eigenvalue weighted by molar-refractivity contribution is -0.137. The van der Waals surface area contributed by atoms with E-state index in [1.807, 2.05) is 11.8 Å². The molecule has 2 unspecified atom stereocenters. The number of benzene rings is 1. The number of amides is 1. The Morgan fingerprint density at radius 1 is 1.16 bits per heavy atom. The van der Waals surface area contributed by atoms with Crippen LogP contribution in [0.25, 0.3) is 0 Å². The maximum atomic E-state index is 12.6. The van der Waals surface area contributed by atoms with Gasteiger partial charge in [0.25, 0.3) is 0 Å². The van der Waals surface area contributed by atoms with Gasteiger partial charge in [-0.25, -0.2) is 0 Å². The van der Waals surface area contributed by atoms with E-state index < -0.39 is 11.7 Å². The van der Waals surface area contributed by atoms with Crippen molar-refractivity contribution >= 4 is 5.91 Å². The average molecular weight is 354 g/mol. The molecule has 0 radical (unpaired) electrons. The maximum Gasteiger partial charge on any atom is 0.416 e. The van der Waals surface area contributed by atoms with Gasteiger partial charge in [-0.1, -0.05) is 19.1 Å². The highest BCUT2D eigenvalue weighted by Gasteiger charge is 2.32. The molecule has 2 atom stereocenters. The van der Waals surface area contributed by atoms with Crippen LogP contribution in [0, 0.1) is 0 Å². The van der Waals surface area contributed by atoms with Gasteiger partial charge >= 0.3 is 6.18 Å². The van der Waals surface area contributed by atoms with Crippen LogP contribution in [0.2, 0.25) is 0 Å². The van der Waals surface area contributed by atoms with Crippen LogP contribution in [0.3, 0.4) is 0 Å². The van der Waals surface area contributed by atoms with Crippen LogP contribution in [0.5, 0.6) is 0 Å². The summed E-state index contributed by atoms with van der Waals surface area (Å²) < 4.78 is 37.9. The van der Waals surface area contributed by atoms with E-state index in [4.69, 9.17) is 0 Å². The predicted molar refractivity (Wildman–Crippen MR) is 90.3 cm³/mol. The zero-order valence-electron chi connectivity index (χ0n) is 14.6. The van der Waals surface area contributed by atoms with Crippen molar-refractivity contribution in [3.63, 3.8) is 0 Å². The molecule has 2 aliphatic rings. The van der Waals surface area contributed by atoms with Crippen molar-refractivity contribution in [2.24, 2.45) is 0 Å². The van der Waals surface area contributed by atoms with Gasteiger partial charge in [0.1, 0.15) is 0 Å². The smallest absolute Gasteiger partial charge is 0.341 e. The van der Waals surface area contributed by atoms with Crippen molar-refractivity contribution in [3.05, 3.63) is 35.4 Å². The Bertz CT molecular complexity index is 594. The number of likely N-dealkylation sites (tertiary alicyclic amines) is 2. The van der Waals surface area contributed by atoms with Crippen molar-refractivity contribution in [2.45, 2.75) is 50.7 Å². The Kier molecular flexibility index (Phi) is 5.37. The van der Waals surface area contributed by atoms with Crippen molar-refractivity contribution in [2.75, 3.05) is 26.2 Å². The van der Waals surface area contributed by atoms with Crippen LogP contribution in [0.15, 0.2) is 24.3 Å². The number of hydrogen-bond acceptors (Lipinski definition) is 2. The molecule has 2 saturated heterocycles. The van der Waals surface area contributed by atoms with Gasteiger partial charge in [-0.05, 0) is 56.0 Å². The normalized spacial score (nSPS) is 23.2. The second-order valence-electron chi connectivity index (χ2n) is 7.25. The molecule has 6 heteroatoms. The van der Waals surface area contributed by atoms with Gasteiger partial charge in [0.05, 0.1) is 5.56 Å². The van der Waals surface area contributed by atoms with Crippen LogP contribution in [-0.2, 0) is 11.0 Å². The van der Waals surface area contributed by atoms with Crippen LogP contribution in [0.1, 0.15) is 49.7 Å². The molecule has 0 aromatic heterocycles. The molecule has 0 saturated carbocycles. The summed E-state index contributed by atoms with van der Waals surface area (Å²) in [5, 5.41) is 0. The van der Waals surface area contributed by atoms with Gasteiger partial charge in [0.2, 0.25) is 5.91 Å². The Hall–Kier alpha value is -1.56. The number of rotatable bonds is 4. The summed E-state index contributed by atoms with van der Waals surface area (Å²) in [6.45, 7) is 5.75. The molecule has 2 fully saturated rings. The van der Waals surface area contributed by atoms with Gasteiger partial charge < -0.3 is 4.90 Å². The SMILES string of the molecule is CC(CC(=O)N1CCC(N2CCCC2)C1)c1ccc(C(F)(F)F)cc1. The molecule has 0 aliphatic carbocycles. The molecule has 1 aromatic carbocycles. The van der Waals surface area contributed by atoms with E-state index in [1.54, 1.807) is 0 Å². The molecule has 25 heavy (non-hydrogen) atoms. The zero-order valence-corrected chi connectivity index (χ0v) is 14.6. The largest absolute Gasteiger partial charge is 0.416 e. The van der Waals surface area contributed by atoms with Crippen molar-refractivity contribution in [1.29, 1.82) is 0 Å². The number of nitrogens with zero attached hydrogens (tertiary/aromatic N) is 2. The highest BCUT2D eigenvalue weighted by molar-refractivity contribution is 5.77. The first-order chi connectivity index (χ1) is 11.8. The Balaban J connectivity index is 1.54. The summed E-state index contributed by atoms with van der Waals surface area (Å²) in [6, 6.07) is 5.63. The minimum Gasteiger partial charge on any atom is -0.341 e. The van der Waals surface area contributed by atoms with Gasteiger partial charge in [0, 0.05) is 25.6 Å². The number of halogens is 3. The Morgan fingerprint density at radius 2 is 1.80 bits per heavy atom. The lowest BCUT2D eigenvalue weighted by Gasteiger charge is -2.24. The van der Waals surface area contributed by atoms with Crippen LogP contribution < -0.4 is 0 Å². The lowest BCUT2D eigenvalue weighted by atomic mass is 9.96. The molecule has 2 aliphatic heterocycles. The van der Waals surface area contributed by atoms with E-state index in [0.29, 0.717) is 12.5 Å². The van der Waals surface area contributed by atoms with E-state index in [0.717, 1.165) is 50.3 Å². The fraction of sp³-hybridized carbons (Fsp3) is 0.632. The Morgan fingerprint density at radius 3 is 2.40 bits per heavy atom. The number of alkyl halides is 3. The third-order valence-corrected chi connectivity index (χ3v) is 5.46. The highest BCUT2D eigenvalue weighted by atomic mass is 19.4. The molecule has 0 spiro atoms. The van der Waals surface area contributed by atoms with E-state index in [9.17, 15) is 18.0 Å². The molecular weight excluding hydrogens is 329 g/mol. The first-order valence-corrected chi connectivity index (χ1v) is 9.03. The summed E-state index contributed by atoms with van der Waals surface area (Å²) in [5.41, 5.74) is 0.124. The first-order valence-electron chi connectivity index (χ1n) is 9.03. The van der Waals surface area contributed by atoms with E-state index in [-0.39, 0.29) is 11.8 Å². The molecule has 0 N–H and O–H groups in total. The number of hydrogen-bond donors (Lipinski definition) is 0. The van der Waals surface area contributed by atoms with Crippen LogP contribution >= 0.6 is 0 Å². The minimum atomic E-state index is -4.32. The van der Waals surface area contributed by atoms with E-state index in [1.165, 1.54) is 25.0 Å². The molecular formula is C19H25F3N2O. The van der Waals surface area contributed by atoms with Crippen LogP contribution in [0.4, 0.5) is 13.2 Å². The maximum absolute atomic E-state index is 12.6. The summed E-state index contributed by atoms with van der Waals surface area (Å²) in [6.07, 6.45) is -0.457. The minimum absolute atomic E-state index is 0.0828. The number of carbonyl (C=O) groups excluding carboxylic acids is 1. The Labute approximate surface area is 146 Å². The molecule has 3 rings (SSSR count). The van der Waals surface area contributed by atoms with E-state index in [2.05, 4.69) is 4.90 Å². The summed E-state index contributed by atoms with van der Waals surface area (Å²) >= 11 is 0. The van der Waals surface area contributed by atoms with Crippen molar-refractivity contribution in [1.82, 2.24) is 9.80 Å². The van der Waals surface area contributed by atoms with Gasteiger partial charge in [-0.15, -0.1) is 0 Å². The highest BCUT2D eigenvalue weighted by Crippen LogP contribution is 2.31. The molecule has 1 aromatic rings. The summed E-state index contributed by atoms with van der Waals surface area (Å²) in [4.78, 5) is 16.9.